The van der Waals surface area contributed by atoms with Crippen LogP contribution in [0.4, 0.5) is 0 Å². The molecule has 7 nitrogen and oxygen atoms in total. The number of fused-ring (bicyclic) bond motifs is 2. The maximum absolute atomic E-state index is 14.6. The van der Waals surface area contributed by atoms with E-state index in [-0.39, 0.29) is 46.9 Å². The first kappa shape index (κ1) is 27.0. The van der Waals surface area contributed by atoms with Gasteiger partial charge in [0.15, 0.2) is 22.8 Å². The predicted molar refractivity (Wildman–Crippen MR) is 150 cm³/mol. The van der Waals surface area contributed by atoms with E-state index in [0.29, 0.717) is 41.7 Å². The summed E-state index contributed by atoms with van der Waals surface area (Å²) < 4.78 is 20.3. The van der Waals surface area contributed by atoms with E-state index in [1.54, 1.807) is 13.0 Å². The second-order valence-corrected chi connectivity index (χ2v) is 13.5. The molecule has 212 valence electrons. The van der Waals surface area contributed by atoms with Gasteiger partial charge < -0.3 is 19.3 Å². The molecule has 3 saturated carbocycles. The third kappa shape index (κ3) is 3.36. The molecule has 0 radical (unpaired) electrons. The van der Waals surface area contributed by atoms with E-state index >= 15 is 0 Å². The zero-order valence-electron chi connectivity index (χ0n) is 24.3. The zero-order chi connectivity index (χ0) is 29.0. The van der Waals surface area contributed by atoms with Gasteiger partial charge in [-0.1, -0.05) is 17.7 Å². The lowest BCUT2D eigenvalue weighted by molar-refractivity contribution is -0.199. The molecule has 40 heavy (non-hydrogen) atoms. The minimum atomic E-state index is -1.43. The number of rotatable bonds is 5. The lowest BCUT2D eigenvalue weighted by atomic mass is 9.46. The predicted octanol–water partition coefficient (Wildman–Crippen LogP) is 5.71. The first-order valence-corrected chi connectivity index (χ1v) is 14.2. The quantitative estimate of drug-likeness (QED) is 0.287. The maximum atomic E-state index is 14.6. The van der Waals surface area contributed by atoms with E-state index in [1.165, 1.54) is 0 Å². The molecular weight excluding hydrogens is 508 g/mol. The highest BCUT2D eigenvalue weighted by atomic mass is 16.6. The lowest BCUT2D eigenvalue weighted by Gasteiger charge is -2.60. The van der Waals surface area contributed by atoms with Crippen LogP contribution in [0.2, 0.25) is 0 Å². The van der Waals surface area contributed by atoms with Gasteiger partial charge in [0.1, 0.15) is 34.7 Å². The lowest BCUT2D eigenvalue weighted by Crippen LogP contribution is -2.76. The Morgan fingerprint density at radius 1 is 1.05 bits per heavy atom. The summed E-state index contributed by atoms with van der Waals surface area (Å²) in [4.78, 5) is 40.3. The zero-order valence-corrected chi connectivity index (χ0v) is 24.3. The van der Waals surface area contributed by atoms with Crippen molar-refractivity contribution in [2.45, 2.75) is 96.6 Å². The van der Waals surface area contributed by atoms with E-state index in [0.717, 1.165) is 11.9 Å². The minimum absolute atomic E-state index is 0.0647. The van der Waals surface area contributed by atoms with Crippen molar-refractivity contribution in [3.05, 3.63) is 46.1 Å². The second-order valence-electron chi connectivity index (χ2n) is 13.5. The van der Waals surface area contributed by atoms with Crippen LogP contribution in [0.1, 0.15) is 89.2 Å². The molecule has 4 bridgehead atoms. The number of aromatic hydroxyl groups is 1. The molecule has 6 aliphatic rings. The molecule has 5 atom stereocenters. The molecule has 0 unspecified atom stereocenters. The highest BCUT2D eigenvalue weighted by molar-refractivity contribution is 6.09. The number of Topliss-reactive ketones (excluding diaryl/α,β-unsaturated/α-hetero) is 2. The van der Waals surface area contributed by atoms with Crippen LogP contribution in [0.25, 0.3) is 6.08 Å². The number of ketones is 2. The average Bonchev–Trinajstić information content (AvgIpc) is 3.03. The number of aldehydes is 1. The highest BCUT2D eigenvalue weighted by Gasteiger charge is 2.83. The van der Waals surface area contributed by atoms with Crippen molar-refractivity contribution in [2.75, 3.05) is 0 Å². The van der Waals surface area contributed by atoms with Gasteiger partial charge in [-0.2, -0.15) is 0 Å². The molecule has 1 saturated heterocycles. The fourth-order valence-corrected chi connectivity index (χ4v) is 7.98. The van der Waals surface area contributed by atoms with Gasteiger partial charge in [0, 0.05) is 23.8 Å². The second kappa shape index (κ2) is 8.41. The van der Waals surface area contributed by atoms with E-state index in [2.05, 4.69) is 0 Å². The Balaban J connectivity index is 1.65. The van der Waals surface area contributed by atoms with Crippen LogP contribution in [0.15, 0.2) is 29.4 Å². The first-order valence-electron chi connectivity index (χ1n) is 14.2. The van der Waals surface area contributed by atoms with Crippen molar-refractivity contribution in [3.63, 3.8) is 0 Å². The largest absolute Gasteiger partial charge is 0.506 e. The molecule has 1 spiro atoms. The third-order valence-corrected chi connectivity index (χ3v) is 9.73. The number of hydrogen-bond donors (Lipinski definition) is 1. The van der Waals surface area contributed by atoms with Gasteiger partial charge in [-0.3, -0.25) is 14.4 Å². The van der Waals surface area contributed by atoms with Crippen molar-refractivity contribution < 1.29 is 33.7 Å². The summed E-state index contributed by atoms with van der Waals surface area (Å²) in [6, 6.07) is 0. The summed E-state index contributed by atoms with van der Waals surface area (Å²) in [5, 5.41) is 11.6. The van der Waals surface area contributed by atoms with E-state index in [9.17, 15) is 19.5 Å². The van der Waals surface area contributed by atoms with Crippen LogP contribution in [0, 0.1) is 17.8 Å². The number of phenols is 1. The number of carbonyl (C=O) groups is 3. The maximum Gasteiger partial charge on any atom is 0.177 e. The Morgan fingerprint density at radius 2 is 1.77 bits per heavy atom. The summed E-state index contributed by atoms with van der Waals surface area (Å²) in [6.45, 7) is 13.5. The monoisotopic (exact) mass is 546 g/mol. The fraction of sp³-hybridized carbons (Fsp3) is 0.545. The van der Waals surface area contributed by atoms with Crippen LogP contribution in [-0.4, -0.2) is 45.4 Å². The number of allylic oxidation sites excluding steroid dienone is 3. The summed E-state index contributed by atoms with van der Waals surface area (Å²) in [6.07, 6.45) is 9.69. The Kier molecular flexibility index (Phi) is 5.68. The van der Waals surface area contributed by atoms with Crippen molar-refractivity contribution >= 4 is 23.9 Å². The van der Waals surface area contributed by atoms with E-state index in [4.69, 9.17) is 14.2 Å². The Labute approximate surface area is 235 Å². The fourth-order valence-electron chi connectivity index (χ4n) is 7.98. The van der Waals surface area contributed by atoms with Gasteiger partial charge >= 0.3 is 0 Å². The molecule has 3 heterocycles. The van der Waals surface area contributed by atoms with Crippen LogP contribution < -0.4 is 9.47 Å². The third-order valence-electron chi connectivity index (χ3n) is 9.73. The van der Waals surface area contributed by atoms with Gasteiger partial charge in [-0.25, -0.2) is 0 Å². The number of benzene rings is 1. The Hall–Kier alpha value is -3.19. The molecule has 3 aliphatic carbocycles. The number of carbonyl (C=O) groups excluding carboxylic acids is 3. The molecular formula is C33H38O7. The van der Waals surface area contributed by atoms with E-state index < -0.39 is 28.3 Å². The Bertz CT molecular complexity index is 1450. The first-order chi connectivity index (χ1) is 18.7. The molecule has 0 amide bonds. The van der Waals surface area contributed by atoms with Gasteiger partial charge in [-0.05, 0) is 85.5 Å². The van der Waals surface area contributed by atoms with Gasteiger partial charge in [0.25, 0.3) is 0 Å². The standard InChI is InChI=1S/C33H38O7/c1-17(2)8-9-21-27-20(11-12-30(4,5)38-27)25(35)24-26(36)22-14-19-15-23-31(6,7)40-32(29(19)37,13-10-18(3)16-34)33(22,23)39-28(21)24/h8,10-12,16,19,22-23,35H,9,13-15H2,1-7H3/b18-10-/t19-,22-,23+,32+,33-/m1/s1. The van der Waals surface area contributed by atoms with Gasteiger partial charge in [0.05, 0.1) is 17.1 Å². The summed E-state index contributed by atoms with van der Waals surface area (Å²) in [5.74, 6) is -0.935. The number of ether oxygens (including phenoxy) is 3. The van der Waals surface area contributed by atoms with Crippen LogP contribution >= 0.6 is 0 Å². The SMILES string of the molecule is CC(C)=CCc1c2c(c(O)c3c1O[C@]14[C@H](C[C@@H]5C[C@H]1C(C)(C)O[C@@]4(C/C=C(/C)C=O)C5=O)C3=O)C=CC(C)(C)O2. The summed E-state index contributed by atoms with van der Waals surface area (Å²) >= 11 is 0. The molecule has 7 rings (SSSR count). The Morgan fingerprint density at radius 3 is 2.45 bits per heavy atom. The number of phenolic OH excluding ortho intramolecular Hbond substituents is 1. The van der Waals surface area contributed by atoms with E-state index in [1.807, 2.05) is 59.8 Å². The summed E-state index contributed by atoms with van der Waals surface area (Å²) in [5.41, 5.74) is -1.20. The molecule has 1 N–H and O–H groups in total. The van der Waals surface area contributed by atoms with Gasteiger partial charge in [-0.15, -0.1) is 0 Å². The topological polar surface area (TPSA) is 99.1 Å². The van der Waals surface area contributed by atoms with Crippen molar-refractivity contribution in [1.29, 1.82) is 0 Å². The van der Waals surface area contributed by atoms with Crippen molar-refractivity contribution in [3.8, 4) is 17.2 Å². The van der Waals surface area contributed by atoms with Crippen molar-refractivity contribution in [2.24, 2.45) is 17.8 Å². The normalized spacial score (nSPS) is 33.9. The van der Waals surface area contributed by atoms with Gasteiger partial charge in [0.2, 0.25) is 0 Å². The summed E-state index contributed by atoms with van der Waals surface area (Å²) in [7, 11) is 0. The van der Waals surface area contributed by atoms with Crippen LogP contribution in [-0.2, 0) is 20.7 Å². The number of hydrogen-bond acceptors (Lipinski definition) is 7. The minimum Gasteiger partial charge on any atom is -0.506 e. The molecule has 0 aromatic heterocycles. The molecule has 3 aliphatic heterocycles. The van der Waals surface area contributed by atoms with Crippen LogP contribution in [0.5, 0.6) is 17.2 Å². The average molecular weight is 547 g/mol. The van der Waals surface area contributed by atoms with Crippen LogP contribution in [0.3, 0.4) is 0 Å². The highest BCUT2D eigenvalue weighted by Crippen LogP contribution is 2.70. The van der Waals surface area contributed by atoms with Crippen molar-refractivity contribution in [1.82, 2.24) is 0 Å². The molecule has 1 aromatic rings. The molecule has 7 heteroatoms. The molecule has 4 fully saturated rings. The smallest absolute Gasteiger partial charge is 0.177 e. The molecule has 1 aromatic carbocycles.